The third-order valence-electron chi connectivity index (χ3n) is 2.59. The molecule has 5 nitrogen and oxygen atoms in total. The molecule has 1 aromatic heterocycles. The van der Waals surface area contributed by atoms with Crippen LogP contribution in [0.15, 0.2) is 39.9 Å². The van der Waals surface area contributed by atoms with Crippen molar-refractivity contribution in [3.05, 3.63) is 51.0 Å². The quantitative estimate of drug-likeness (QED) is 0.760. The van der Waals surface area contributed by atoms with Crippen molar-refractivity contribution < 1.29 is 0 Å². The van der Waals surface area contributed by atoms with E-state index in [-0.39, 0.29) is 11.6 Å². The van der Waals surface area contributed by atoms with E-state index in [1.165, 1.54) is 6.33 Å². The van der Waals surface area contributed by atoms with Gasteiger partial charge in [-0.25, -0.2) is 4.98 Å². The smallest absolute Gasteiger partial charge is 0.267 e. The molecule has 0 radical (unpaired) electrons. The lowest BCUT2D eigenvalue weighted by Gasteiger charge is -2.15. The first-order valence-electron chi connectivity index (χ1n) is 5.43. The fraction of sp³-hybridized carbons (Fsp3) is 0.167. The van der Waals surface area contributed by atoms with Gasteiger partial charge in [0.25, 0.3) is 5.56 Å². The molecule has 2 rings (SSSR count). The van der Waals surface area contributed by atoms with E-state index in [0.717, 1.165) is 11.3 Å². The first-order chi connectivity index (χ1) is 8.58. The van der Waals surface area contributed by atoms with Crippen LogP contribution in [0.2, 0.25) is 0 Å². The van der Waals surface area contributed by atoms with Crippen LogP contribution in [-0.4, -0.2) is 9.97 Å². The number of hydrogen-bond donors (Lipinski definition) is 3. The molecule has 0 aliphatic rings. The molecule has 94 valence electrons. The van der Waals surface area contributed by atoms with Gasteiger partial charge in [-0.2, -0.15) is 0 Å². The zero-order valence-electron chi connectivity index (χ0n) is 9.77. The largest absolute Gasteiger partial charge is 0.399 e. The van der Waals surface area contributed by atoms with Crippen LogP contribution < -0.4 is 16.6 Å². The minimum absolute atomic E-state index is 0.0243. The number of benzene rings is 1. The molecule has 18 heavy (non-hydrogen) atoms. The molecule has 1 heterocycles. The van der Waals surface area contributed by atoms with Gasteiger partial charge in [0.2, 0.25) is 0 Å². The number of aromatic nitrogens is 2. The van der Waals surface area contributed by atoms with Crippen molar-refractivity contribution in [2.45, 2.75) is 13.0 Å². The molecule has 0 saturated heterocycles. The van der Waals surface area contributed by atoms with Gasteiger partial charge in [0, 0.05) is 11.7 Å². The second-order valence-electron chi connectivity index (χ2n) is 3.93. The number of nitrogens with two attached hydrogens (primary N) is 1. The first kappa shape index (κ1) is 12.6. The maximum atomic E-state index is 11.4. The summed E-state index contributed by atoms with van der Waals surface area (Å²) >= 11 is 3.20. The highest BCUT2D eigenvalue weighted by Crippen LogP contribution is 2.21. The zero-order chi connectivity index (χ0) is 13.1. The van der Waals surface area contributed by atoms with Gasteiger partial charge in [-0.1, -0.05) is 12.1 Å². The summed E-state index contributed by atoms with van der Waals surface area (Å²) in [7, 11) is 0. The minimum atomic E-state index is -0.211. The molecule has 0 aliphatic heterocycles. The molecule has 0 fully saturated rings. The number of H-pyrrole nitrogens is 1. The van der Waals surface area contributed by atoms with Gasteiger partial charge in [0.05, 0.1) is 6.33 Å². The number of rotatable bonds is 3. The van der Waals surface area contributed by atoms with Gasteiger partial charge >= 0.3 is 0 Å². The number of nitrogens with one attached hydrogen (secondary N) is 2. The Hall–Kier alpha value is -1.82. The average molecular weight is 309 g/mol. The average Bonchev–Trinajstić information content (AvgIpc) is 2.36. The number of aromatic amines is 1. The predicted molar refractivity (Wildman–Crippen MR) is 75.4 cm³/mol. The summed E-state index contributed by atoms with van der Waals surface area (Å²) in [5, 5.41) is 3.17. The second-order valence-corrected chi connectivity index (χ2v) is 4.72. The normalized spacial score (nSPS) is 12.1. The number of halogens is 1. The fourth-order valence-electron chi connectivity index (χ4n) is 1.56. The van der Waals surface area contributed by atoms with Crippen molar-refractivity contribution in [1.82, 2.24) is 9.97 Å². The molecule has 0 bridgehead atoms. The SMILES string of the molecule is CC(Nc1nc[nH]c(=O)c1Br)c1ccc(N)cc1. The van der Waals surface area contributed by atoms with E-state index < -0.39 is 0 Å². The molecule has 0 saturated carbocycles. The molecular formula is C12H13BrN4O. The van der Waals surface area contributed by atoms with Crippen LogP contribution in [0.3, 0.4) is 0 Å². The van der Waals surface area contributed by atoms with Crippen LogP contribution in [0.1, 0.15) is 18.5 Å². The van der Waals surface area contributed by atoms with Crippen LogP contribution in [-0.2, 0) is 0 Å². The van der Waals surface area contributed by atoms with Crippen LogP contribution in [0, 0.1) is 0 Å². The maximum Gasteiger partial charge on any atom is 0.267 e. The van der Waals surface area contributed by atoms with Crippen LogP contribution in [0.4, 0.5) is 11.5 Å². The predicted octanol–water partition coefficient (Wildman–Crippen LogP) is 2.29. The van der Waals surface area contributed by atoms with Gasteiger partial charge in [-0.3, -0.25) is 4.79 Å². The number of hydrogen-bond acceptors (Lipinski definition) is 4. The Morgan fingerprint density at radius 3 is 2.72 bits per heavy atom. The zero-order valence-corrected chi connectivity index (χ0v) is 11.4. The monoisotopic (exact) mass is 308 g/mol. The summed E-state index contributed by atoms with van der Waals surface area (Å²) in [5.41, 5.74) is 7.22. The van der Waals surface area contributed by atoms with Crippen molar-refractivity contribution in [1.29, 1.82) is 0 Å². The first-order valence-corrected chi connectivity index (χ1v) is 6.22. The fourth-order valence-corrected chi connectivity index (χ4v) is 1.89. The molecule has 1 aromatic carbocycles. The molecule has 0 amide bonds. The molecule has 1 atom stereocenters. The van der Waals surface area contributed by atoms with Crippen LogP contribution >= 0.6 is 15.9 Å². The van der Waals surface area contributed by atoms with E-state index in [2.05, 4.69) is 31.2 Å². The van der Waals surface area contributed by atoms with Crippen molar-refractivity contribution in [3.8, 4) is 0 Å². The summed E-state index contributed by atoms with van der Waals surface area (Å²) in [6.45, 7) is 1.99. The highest BCUT2D eigenvalue weighted by molar-refractivity contribution is 9.10. The highest BCUT2D eigenvalue weighted by atomic mass is 79.9. The van der Waals surface area contributed by atoms with Crippen molar-refractivity contribution in [2.24, 2.45) is 0 Å². The van der Waals surface area contributed by atoms with E-state index in [1.807, 2.05) is 31.2 Å². The maximum absolute atomic E-state index is 11.4. The summed E-state index contributed by atoms with van der Waals surface area (Å²) < 4.78 is 0.396. The highest BCUT2D eigenvalue weighted by Gasteiger charge is 2.10. The van der Waals surface area contributed by atoms with Crippen molar-refractivity contribution in [2.75, 3.05) is 11.1 Å². The molecule has 4 N–H and O–H groups in total. The minimum Gasteiger partial charge on any atom is -0.399 e. The van der Waals surface area contributed by atoms with Crippen molar-refractivity contribution in [3.63, 3.8) is 0 Å². The van der Waals surface area contributed by atoms with Gasteiger partial charge in [0.1, 0.15) is 10.3 Å². The third-order valence-corrected chi connectivity index (χ3v) is 3.32. The standard InChI is InChI=1S/C12H13BrN4O/c1-7(8-2-4-9(14)5-3-8)17-11-10(13)12(18)16-6-15-11/h2-7H,14H2,1H3,(H2,15,16,17,18). The molecule has 0 spiro atoms. The number of nitrogens with zero attached hydrogens (tertiary/aromatic N) is 1. The Kier molecular flexibility index (Phi) is 3.66. The summed E-state index contributed by atoms with van der Waals surface area (Å²) in [5.74, 6) is 0.517. The van der Waals surface area contributed by atoms with E-state index in [1.54, 1.807) is 0 Å². The Morgan fingerprint density at radius 2 is 2.06 bits per heavy atom. The lowest BCUT2D eigenvalue weighted by molar-refractivity contribution is 0.868. The third kappa shape index (κ3) is 2.70. The van der Waals surface area contributed by atoms with Gasteiger partial charge in [-0.05, 0) is 40.5 Å². The molecule has 0 aliphatic carbocycles. The molecule has 2 aromatic rings. The molecular weight excluding hydrogens is 296 g/mol. The molecule has 6 heteroatoms. The summed E-state index contributed by atoms with van der Waals surface area (Å²) in [6, 6.07) is 7.58. The van der Waals surface area contributed by atoms with E-state index >= 15 is 0 Å². The summed E-state index contributed by atoms with van der Waals surface area (Å²) in [6.07, 6.45) is 1.37. The lowest BCUT2D eigenvalue weighted by atomic mass is 10.1. The van der Waals surface area contributed by atoms with Crippen LogP contribution in [0.5, 0.6) is 0 Å². The number of nitrogen functional groups attached to an aromatic ring is 1. The van der Waals surface area contributed by atoms with Gasteiger partial charge in [0.15, 0.2) is 0 Å². The van der Waals surface area contributed by atoms with E-state index in [0.29, 0.717) is 10.3 Å². The topological polar surface area (TPSA) is 83.8 Å². The second kappa shape index (κ2) is 5.22. The van der Waals surface area contributed by atoms with Crippen LogP contribution in [0.25, 0.3) is 0 Å². The summed E-state index contributed by atoms with van der Waals surface area (Å²) in [4.78, 5) is 18.0. The van der Waals surface area contributed by atoms with Crippen molar-refractivity contribution >= 4 is 27.4 Å². The molecule has 1 unspecified atom stereocenters. The Balaban J connectivity index is 2.21. The Labute approximate surface area is 113 Å². The Morgan fingerprint density at radius 1 is 1.39 bits per heavy atom. The van der Waals surface area contributed by atoms with Gasteiger partial charge in [-0.15, -0.1) is 0 Å². The van der Waals surface area contributed by atoms with Gasteiger partial charge < -0.3 is 16.0 Å². The Bertz CT molecular complexity index is 594. The van der Waals surface area contributed by atoms with E-state index in [9.17, 15) is 4.79 Å². The lowest BCUT2D eigenvalue weighted by Crippen LogP contribution is -2.14. The van der Waals surface area contributed by atoms with E-state index in [4.69, 9.17) is 5.73 Å². The number of anilines is 2.